The maximum Gasteiger partial charge on any atom is 0.491 e. The molecule has 1 aromatic heterocycles. The molecule has 0 bridgehead atoms. The van der Waals surface area contributed by atoms with E-state index in [-0.39, 0.29) is 0 Å². The highest BCUT2D eigenvalue weighted by Crippen LogP contribution is 2.11. The standard InChI is InChI=1S/C10H8N4O2/c1-2-8-3-5-9(6-4-8)13-7-11-10(12-13)14(15)16/h2-7H,1H2. The number of aromatic nitrogens is 3. The molecule has 0 aliphatic heterocycles. The number of nitrogens with zero attached hydrogens (tertiary/aromatic N) is 4. The van der Waals surface area contributed by atoms with Crippen molar-refractivity contribution in [1.29, 1.82) is 0 Å². The van der Waals surface area contributed by atoms with E-state index in [4.69, 9.17) is 0 Å². The summed E-state index contributed by atoms with van der Waals surface area (Å²) in [7, 11) is 0. The monoisotopic (exact) mass is 216 g/mol. The largest absolute Gasteiger partial charge is 0.491 e. The summed E-state index contributed by atoms with van der Waals surface area (Å²) in [6.07, 6.45) is 3.02. The van der Waals surface area contributed by atoms with Crippen LogP contribution in [0.5, 0.6) is 0 Å². The molecule has 0 spiro atoms. The van der Waals surface area contributed by atoms with E-state index in [1.807, 2.05) is 12.1 Å². The Morgan fingerprint density at radius 1 is 1.38 bits per heavy atom. The molecule has 2 rings (SSSR count). The molecule has 80 valence electrons. The van der Waals surface area contributed by atoms with E-state index in [2.05, 4.69) is 16.7 Å². The second kappa shape index (κ2) is 3.93. The molecule has 2 aromatic rings. The van der Waals surface area contributed by atoms with Crippen LogP contribution in [-0.4, -0.2) is 19.7 Å². The molecule has 0 saturated heterocycles. The van der Waals surface area contributed by atoms with Gasteiger partial charge in [0.15, 0.2) is 0 Å². The molecule has 16 heavy (non-hydrogen) atoms. The smallest absolute Gasteiger partial charge is 0.390 e. The first-order valence-electron chi connectivity index (χ1n) is 4.49. The Morgan fingerprint density at radius 2 is 2.06 bits per heavy atom. The Hall–Kier alpha value is -2.50. The molecule has 0 amide bonds. The molecule has 0 saturated carbocycles. The van der Waals surface area contributed by atoms with Crippen molar-refractivity contribution in [3.63, 3.8) is 0 Å². The van der Waals surface area contributed by atoms with Crippen LogP contribution in [-0.2, 0) is 0 Å². The molecule has 0 N–H and O–H groups in total. The van der Waals surface area contributed by atoms with Gasteiger partial charge in [-0.1, -0.05) is 29.8 Å². The van der Waals surface area contributed by atoms with Crippen LogP contribution in [0, 0.1) is 10.1 Å². The third-order valence-electron chi connectivity index (χ3n) is 2.04. The molecule has 0 aliphatic rings. The first-order chi connectivity index (χ1) is 7.70. The lowest BCUT2D eigenvalue weighted by molar-refractivity contribution is -0.394. The Bertz CT molecular complexity index is 530. The Morgan fingerprint density at radius 3 is 2.56 bits per heavy atom. The van der Waals surface area contributed by atoms with Crippen molar-refractivity contribution in [3.05, 3.63) is 52.8 Å². The van der Waals surface area contributed by atoms with Gasteiger partial charge in [0.25, 0.3) is 0 Å². The molecular weight excluding hydrogens is 208 g/mol. The summed E-state index contributed by atoms with van der Waals surface area (Å²) < 4.78 is 1.35. The zero-order valence-corrected chi connectivity index (χ0v) is 8.28. The summed E-state index contributed by atoms with van der Waals surface area (Å²) in [5.41, 5.74) is 1.68. The average Bonchev–Trinajstić information content (AvgIpc) is 2.78. The Kier molecular flexibility index (Phi) is 2.47. The highest BCUT2D eigenvalue weighted by atomic mass is 16.6. The van der Waals surface area contributed by atoms with Crippen molar-refractivity contribution in [2.45, 2.75) is 0 Å². The van der Waals surface area contributed by atoms with E-state index >= 15 is 0 Å². The zero-order valence-electron chi connectivity index (χ0n) is 8.28. The van der Waals surface area contributed by atoms with Crippen molar-refractivity contribution >= 4 is 12.0 Å². The van der Waals surface area contributed by atoms with Crippen LogP contribution in [0.15, 0.2) is 37.2 Å². The number of nitro groups is 1. The molecule has 6 heteroatoms. The van der Waals surface area contributed by atoms with Crippen LogP contribution in [0.3, 0.4) is 0 Å². The molecule has 1 heterocycles. The molecule has 0 aliphatic carbocycles. The lowest BCUT2D eigenvalue weighted by Crippen LogP contribution is -1.96. The van der Waals surface area contributed by atoms with Crippen molar-refractivity contribution in [1.82, 2.24) is 14.8 Å². The first-order valence-corrected chi connectivity index (χ1v) is 4.49. The first kappa shape index (κ1) is 10.0. The lowest BCUT2D eigenvalue weighted by Gasteiger charge is -1.96. The predicted octanol–water partition coefficient (Wildman–Crippen LogP) is 1.82. The van der Waals surface area contributed by atoms with Gasteiger partial charge in [-0.2, -0.15) is 0 Å². The van der Waals surface area contributed by atoms with Gasteiger partial charge >= 0.3 is 5.95 Å². The van der Waals surface area contributed by atoms with E-state index in [9.17, 15) is 10.1 Å². The van der Waals surface area contributed by atoms with Gasteiger partial charge in [-0.05, 0) is 22.6 Å². The van der Waals surface area contributed by atoms with Crippen molar-refractivity contribution in [3.8, 4) is 5.69 Å². The number of hydrogen-bond acceptors (Lipinski definition) is 4. The summed E-state index contributed by atoms with van der Waals surface area (Å²) >= 11 is 0. The zero-order chi connectivity index (χ0) is 11.5. The van der Waals surface area contributed by atoms with Gasteiger partial charge in [0.1, 0.15) is 0 Å². The molecule has 0 fully saturated rings. The Labute approximate surface area is 91.0 Å². The topological polar surface area (TPSA) is 73.8 Å². The quantitative estimate of drug-likeness (QED) is 0.579. The van der Waals surface area contributed by atoms with Gasteiger partial charge < -0.3 is 10.1 Å². The summed E-state index contributed by atoms with van der Waals surface area (Å²) in [5.74, 6) is -0.409. The second-order valence-electron chi connectivity index (χ2n) is 3.04. The van der Waals surface area contributed by atoms with Crippen LogP contribution in [0.1, 0.15) is 5.56 Å². The SMILES string of the molecule is C=Cc1ccc(-n2cnc([N+](=O)[O-])n2)cc1. The summed E-state index contributed by atoms with van der Waals surface area (Å²) in [6.45, 7) is 3.64. The van der Waals surface area contributed by atoms with Crippen LogP contribution in [0.25, 0.3) is 11.8 Å². The van der Waals surface area contributed by atoms with Crippen LogP contribution < -0.4 is 0 Å². The van der Waals surface area contributed by atoms with E-state index in [0.717, 1.165) is 5.56 Å². The fraction of sp³-hybridized carbons (Fsp3) is 0. The van der Waals surface area contributed by atoms with Crippen LogP contribution >= 0.6 is 0 Å². The molecular formula is C10H8N4O2. The summed E-state index contributed by atoms with van der Waals surface area (Å²) in [5, 5.41) is 14.1. The van der Waals surface area contributed by atoms with Crippen molar-refractivity contribution in [2.75, 3.05) is 0 Å². The van der Waals surface area contributed by atoms with E-state index < -0.39 is 10.9 Å². The number of benzene rings is 1. The van der Waals surface area contributed by atoms with E-state index in [0.29, 0.717) is 5.69 Å². The minimum atomic E-state index is -0.630. The van der Waals surface area contributed by atoms with Crippen molar-refractivity contribution < 1.29 is 4.92 Å². The van der Waals surface area contributed by atoms with Gasteiger partial charge in [0, 0.05) is 5.10 Å². The molecule has 0 radical (unpaired) electrons. The fourth-order valence-corrected chi connectivity index (χ4v) is 1.23. The van der Waals surface area contributed by atoms with Crippen LogP contribution in [0.2, 0.25) is 0 Å². The average molecular weight is 216 g/mol. The second-order valence-corrected chi connectivity index (χ2v) is 3.04. The summed E-state index contributed by atoms with van der Waals surface area (Å²) in [4.78, 5) is 13.3. The minimum absolute atomic E-state index is 0.409. The maximum absolute atomic E-state index is 10.4. The molecule has 6 nitrogen and oxygen atoms in total. The molecule has 0 unspecified atom stereocenters. The highest BCUT2D eigenvalue weighted by molar-refractivity contribution is 5.49. The molecule has 1 aromatic carbocycles. The Balaban J connectivity index is 2.35. The number of rotatable bonds is 3. The summed E-state index contributed by atoms with van der Waals surface area (Å²) in [6, 6.07) is 7.26. The van der Waals surface area contributed by atoms with Gasteiger partial charge in [-0.15, -0.1) is 4.68 Å². The van der Waals surface area contributed by atoms with Crippen LogP contribution in [0.4, 0.5) is 5.95 Å². The van der Waals surface area contributed by atoms with Gasteiger partial charge in [0.05, 0.1) is 5.69 Å². The third kappa shape index (κ3) is 1.81. The van der Waals surface area contributed by atoms with E-state index in [1.165, 1.54) is 11.0 Å². The van der Waals surface area contributed by atoms with E-state index in [1.54, 1.807) is 18.2 Å². The predicted molar refractivity (Wildman–Crippen MR) is 58.1 cm³/mol. The lowest BCUT2D eigenvalue weighted by atomic mass is 10.2. The van der Waals surface area contributed by atoms with Crippen molar-refractivity contribution in [2.24, 2.45) is 0 Å². The maximum atomic E-state index is 10.4. The normalized spacial score (nSPS) is 10.0. The molecule has 0 atom stereocenters. The highest BCUT2D eigenvalue weighted by Gasteiger charge is 2.13. The number of hydrogen-bond donors (Lipinski definition) is 0. The van der Waals surface area contributed by atoms with Gasteiger partial charge in [-0.3, -0.25) is 0 Å². The van der Waals surface area contributed by atoms with Gasteiger partial charge in [0.2, 0.25) is 6.33 Å². The van der Waals surface area contributed by atoms with Gasteiger partial charge in [-0.25, -0.2) is 0 Å². The fourth-order valence-electron chi connectivity index (χ4n) is 1.23. The third-order valence-corrected chi connectivity index (χ3v) is 2.04. The minimum Gasteiger partial charge on any atom is -0.390 e.